The van der Waals surface area contributed by atoms with Crippen molar-refractivity contribution in [1.82, 2.24) is 4.90 Å². The molecule has 0 aliphatic carbocycles. The van der Waals surface area contributed by atoms with Gasteiger partial charge in [-0.25, -0.2) is 4.39 Å². The number of hydrogen-bond acceptors (Lipinski definition) is 5. The molecule has 6 nitrogen and oxygen atoms in total. The van der Waals surface area contributed by atoms with Crippen LogP contribution in [0, 0.1) is 5.82 Å². The first kappa shape index (κ1) is 22.3. The zero-order chi connectivity index (χ0) is 23.0. The minimum Gasteiger partial charge on any atom is -0.476 e. The molecule has 0 aromatic heterocycles. The number of nitrogens with one attached hydrogen (secondary N) is 1. The second-order valence-corrected chi connectivity index (χ2v) is 9.88. The van der Waals surface area contributed by atoms with E-state index in [1.165, 1.54) is 12.1 Å². The summed E-state index contributed by atoms with van der Waals surface area (Å²) in [5, 5.41) is 4.02. The molecule has 2 saturated heterocycles. The van der Waals surface area contributed by atoms with E-state index in [2.05, 4.69) is 10.2 Å². The highest BCUT2D eigenvalue weighted by molar-refractivity contribution is 6.33. The van der Waals surface area contributed by atoms with E-state index in [9.17, 15) is 9.18 Å². The van der Waals surface area contributed by atoms with Crippen molar-refractivity contribution in [3.8, 4) is 5.75 Å². The Morgan fingerprint density at radius 2 is 1.85 bits per heavy atom. The molecule has 3 heterocycles. The summed E-state index contributed by atoms with van der Waals surface area (Å²) in [5.41, 5.74) is 9.05. The summed E-state index contributed by atoms with van der Waals surface area (Å²) in [7, 11) is 0. The number of nitrogens with zero attached hydrogens (tertiary/aromatic N) is 2. The number of rotatable bonds is 4. The lowest BCUT2D eigenvalue weighted by Gasteiger charge is -2.41. The molecule has 0 radical (unpaired) electrons. The van der Waals surface area contributed by atoms with Crippen molar-refractivity contribution in [2.75, 3.05) is 42.9 Å². The van der Waals surface area contributed by atoms with Gasteiger partial charge in [-0.2, -0.15) is 0 Å². The van der Waals surface area contributed by atoms with Crippen LogP contribution in [0.2, 0.25) is 5.02 Å². The molecule has 1 amide bonds. The maximum absolute atomic E-state index is 13.2. The largest absolute Gasteiger partial charge is 0.476 e. The molecule has 2 aromatic rings. The first-order chi connectivity index (χ1) is 15.9. The standard InChI is InChI=1S/C25H30ClFN4O2/c26-19-13-20-22(14-21(19)30-9-1-2-10-30)33-23(16-29-20)24(32)31-11-7-25(28,8-12-31)15-17-3-5-18(27)6-4-17/h3-6,13-14,23,29H,1-2,7-12,15-16,28H2. The number of nitrogens with two attached hydrogens (primary N) is 1. The number of anilines is 2. The van der Waals surface area contributed by atoms with E-state index in [0.29, 0.717) is 49.7 Å². The van der Waals surface area contributed by atoms with Crippen LogP contribution in [0.15, 0.2) is 36.4 Å². The van der Waals surface area contributed by atoms with Gasteiger partial charge in [-0.05, 0) is 55.9 Å². The monoisotopic (exact) mass is 472 g/mol. The minimum absolute atomic E-state index is 0.0188. The lowest BCUT2D eigenvalue weighted by atomic mass is 9.82. The third-order valence-corrected chi connectivity index (χ3v) is 7.36. The number of amides is 1. The quantitative estimate of drug-likeness (QED) is 0.708. The molecule has 33 heavy (non-hydrogen) atoms. The number of benzene rings is 2. The van der Waals surface area contributed by atoms with Gasteiger partial charge >= 0.3 is 0 Å². The summed E-state index contributed by atoms with van der Waals surface area (Å²) < 4.78 is 19.3. The molecule has 3 N–H and O–H groups in total. The molecule has 3 aliphatic heterocycles. The van der Waals surface area contributed by atoms with Crippen LogP contribution in [0.25, 0.3) is 0 Å². The highest BCUT2D eigenvalue weighted by Gasteiger charge is 2.37. The van der Waals surface area contributed by atoms with E-state index >= 15 is 0 Å². The van der Waals surface area contributed by atoms with Crippen LogP contribution >= 0.6 is 11.6 Å². The lowest BCUT2D eigenvalue weighted by Crippen LogP contribution is -2.56. The Morgan fingerprint density at radius 3 is 2.55 bits per heavy atom. The Labute approximate surface area is 198 Å². The fourth-order valence-electron chi connectivity index (χ4n) is 5.08. The van der Waals surface area contributed by atoms with Crippen molar-refractivity contribution in [2.24, 2.45) is 5.73 Å². The molecule has 3 aliphatic rings. The van der Waals surface area contributed by atoms with E-state index in [4.69, 9.17) is 22.1 Å². The van der Waals surface area contributed by atoms with Crippen molar-refractivity contribution in [2.45, 2.75) is 43.7 Å². The molecular weight excluding hydrogens is 443 g/mol. The number of piperidine rings is 1. The second-order valence-electron chi connectivity index (χ2n) is 9.47. The Kier molecular flexibility index (Phi) is 6.10. The number of hydrogen-bond donors (Lipinski definition) is 2. The summed E-state index contributed by atoms with van der Waals surface area (Å²) in [6, 6.07) is 10.3. The Balaban J connectivity index is 1.21. The van der Waals surface area contributed by atoms with Crippen molar-refractivity contribution in [3.63, 3.8) is 0 Å². The molecule has 176 valence electrons. The number of halogens is 2. The SMILES string of the molecule is NC1(Cc2ccc(F)cc2)CCN(C(=O)C2CNc3cc(Cl)c(N4CCCC4)cc3O2)CC1. The van der Waals surface area contributed by atoms with Crippen LogP contribution < -0.4 is 20.7 Å². The fraction of sp³-hybridized carbons (Fsp3) is 0.480. The van der Waals surface area contributed by atoms with E-state index in [1.54, 1.807) is 12.1 Å². The van der Waals surface area contributed by atoms with Gasteiger partial charge in [0, 0.05) is 37.8 Å². The molecular formula is C25H30ClFN4O2. The fourth-order valence-corrected chi connectivity index (χ4v) is 5.36. The molecule has 2 fully saturated rings. The number of likely N-dealkylation sites (tertiary alicyclic amines) is 1. The molecule has 8 heteroatoms. The van der Waals surface area contributed by atoms with Gasteiger partial charge in [-0.1, -0.05) is 23.7 Å². The summed E-state index contributed by atoms with van der Waals surface area (Å²) in [6.07, 6.45) is 3.80. The van der Waals surface area contributed by atoms with E-state index in [-0.39, 0.29) is 11.7 Å². The maximum atomic E-state index is 13.2. The van der Waals surface area contributed by atoms with Gasteiger partial charge in [0.2, 0.25) is 0 Å². The third kappa shape index (κ3) is 4.75. The topological polar surface area (TPSA) is 70.8 Å². The van der Waals surface area contributed by atoms with Crippen molar-refractivity contribution < 1.29 is 13.9 Å². The zero-order valence-electron chi connectivity index (χ0n) is 18.7. The normalized spacial score (nSPS) is 21.8. The van der Waals surface area contributed by atoms with Crippen LogP contribution in [0.1, 0.15) is 31.2 Å². The minimum atomic E-state index is -0.576. The zero-order valence-corrected chi connectivity index (χ0v) is 19.4. The highest BCUT2D eigenvalue weighted by Crippen LogP contribution is 2.40. The van der Waals surface area contributed by atoms with Crippen LogP contribution in [0.4, 0.5) is 15.8 Å². The third-order valence-electron chi connectivity index (χ3n) is 7.06. The van der Waals surface area contributed by atoms with Crippen LogP contribution in [0.5, 0.6) is 5.75 Å². The van der Waals surface area contributed by atoms with E-state index in [1.807, 2.05) is 17.0 Å². The average Bonchev–Trinajstić information content (AvgIpc) is 3.34. The molecule has 1 atom stereocenters. The van der Waals surface area contributed by atoms with Crippen molar-refractivity contribution in [1.29, 1.82) is 0 Å². The molecule has 2 aromatic carbocycles. The van der Waals surface area contributed by atoms with Gasteiger partial charge < -0.3 is 25.6 Å². The summed E-state index contributed by atoms with van der Waals surface area (Å²) >= 11 is 6.51. The van der Waals surface area contributed by atoms with E-state index < -0.39 is 11.6 Å². The summed E-state index contributed by atoms with van der Waals surface area (Å²) in [6.45, 7) is 3.55. The Bertz CT molecular complexity index is 1020. The van der Waals surface area contributed by atoms with Crippen LogP contribution in [-0.4, -0.2) is 55.2 Å². The lowest BCUT2D eigenvalue weighted by molar-refractivity contribution is -0.139. The Hall–Kier alpha value is -2.51. The molecule has 5 rings (SSSR count). The van der Waals surface area contributed by atoms with Gasteiger partial charge in [-0.3, -0.25) is 4.79 Å². The average molecular weight is 473 g/mol. The smallest absolute Gasteiger partial charge is 0.265 e. The van der Waals surface area contributed by atoms with Crippen molar-refractivity contribution >= 4 is 28.9 Å². The number of ether oxygens (including phenoxy) is 1. The van der Waals surface area contributed by atoms with Crippen LogP contribution in [-0.2, 0) is 11.2 Å². The summed E-state index contributed by atoms with van der Waals surface area (Å²) in [4.78, 5) is 17.3. The van der Waals surface area contributed by atoms with Crippen molar-refractivity contribution in [3.05, 3.63) is 52.8 Å². The number of carbonyl (C=O) groups excluding carboxylic acids is 1. The predicted molar refractivity (Wildman–Crippen MR) is 129 cm³/mol. The predicted octanol–water partition coefficient (Wildman–Crippen LogP) is 3.81. The van der Waals surface area contributed by atoms with Gasteiger partial charge in [0.1, 0.15) is 11.6 Å². The maximum Gasteiger partial charge on any atom is 0.265 e. The Morgan fingerprint density at radius 1 is 1.15 bits per heavy atom. The summed E-state index contributed by atoms with van der Waals surface area (Å²) in [5.74, 6) is 0.407. The van der Waals surface area contributed by atoms with Gasteiger partial charge in [0.05, 0.1) is 22.9 Å². The molecule has 0 bridgehead atoms. The van der Waals surface area contributed by atoms with Gasteiger partial charge in [-0.15, -0.1) is 0 Å². The first-order valence-corrected chi connectivity index (χ1v) is 12.1. The molecule has 0 spiro atoms. The van der Waals surface area contributed by atoms with Gasteiger partial charge in [0.15, 0.2) is 6.10 Å². The molecule has 1 unspecified atom stereocenters. The molecule has 0 saturated carbocycles. The highest BCUT2D eigenvalue weighted by atomic mass is 35.5. The number of fused-ring (bicyclic) bond motifs is 1. The van der Waals surface area contributed by atoms with E-state index in [0.717, 1.165) is 42.9 Å². The first-order valence-electron chi connectivity index (χ1n) is 11.7. The van der Waals surface area contributed by atoms with Gasteiger partial charge in [0.25, 0.3) is 5.91 Å². The number of carbonyl (C=O) groups is 1. The second kappa shape index (κ2) is 9.03. The van der Waals surface area contributed by atoms with Crippen LogP contribution in [0.3, 0.4) is 0 Å².